The minimum absolute atomic E-state index is 0.299. The predicted molar refractivity (Wildman–Crippen MR) is 117 cm³/mol. The van der Waals surface area contributed by atoms with Crippen molar-refractivity contribution in [3.63, 3.8) is 0 Å². The summed E-state index contributed by atoms with van der Waals surface area (Å²) < 4.78 is 6.58. The third kappa shape index (κ3) is 2.66. The van der Waals surface area contributed by atoms with E-state index in [-0.39, 0.29) is 0 Å². The Morgan fingerprint density at radius 3 is 2.39 bits per heavy atom. The molecular weight excluding hydrogens is 340 g/mol. The summed E-state index contributed by atoms with van der Waals surface area (Å²) in [7, 11) is 0. The van der Waals surface area contributed by atoms with E-state index in [1.807, 2.05) is 0 Å². The molecule has 0 amide bonds. The molecule has 0 aromatic carbocycles. The van der Waals surface area contributed by atoms with Gasteiger partial charge in [-0.3, -0.25) is 0 Å². The van der Waals surface area contributed by atoms with Gasteiger partial charge in [-0.05, 0) is 97.7 Å². The number of rotatable bonds is 5. The van der Waals surface area contributed by atoms with Gasteiger partial charge in [-0.25, -0.2) is 0 Å². The van der Waals surface area contributed by atoms with Crippen molar-refractivity contribution in [1.29, 1.82) is 0 Å². The SMILES string of the molecule is CC(C)CCC[C@@H](C)[C@@H]1CC[C@@H]2[C@@H]3CC[C@@]45C[C@@H](CC[C@]4(C)[C@@H]3CC[C@]21C)O5. The van der Waals surface area contributed by atoms with E-state index in [1.54, 1.807) is 0 Å². The second kappa shape index (κ2) is 6.73. The van der Waals surface area contributed by atoms with Crippen LogP contribution in [0.4, 0.5) is 0 Å². The van der Waals surface area contributed by atoms with Crippen LogP contribution in [0.3, 0.4) is 0 Å². The van der Waals surface area contributed by atoms with Gasteiger partial charge < -0.3 is 4.74 Å². The maximum Gasteiger partial charge on any atom is 0.0767 e. The molecule has 0 unspecified atom stereocenters. The van der Waals surface area contributed by atoms with Gasteiger partial charge in [0.25, 0.3) is 0 Å². The molecule has 2 heterocycles. The van der Waals surface area contributed by atoms with Crippen LogP contribution in [-0.4, -0.2) is 11.7 Å². The van der Waals surface area contributed by atoms with E-state index in [1.165, 1.54) is 77.0 Å². The number of hydrogen-bond donors (Lipinski definition) is 0. The van der Waals surface area contributed by atoms with E-state index < -0.39 is 0 Å². The summed E-state index contributed by atoms with van der Waals surface area (Å²) >= 11 is 0. The highest BCUT2D eigenvalue weighted by Crippen LogP contribution is 2.72. The van der Waals surface area contributed by atoms with Gasteiger partial charge in [0.1, 0.15) is 0 Å². The third-order valence-corrected chi connectivity index (χ3v) is 11.3. The minimum Gasteiger partial charge on any atom is -0.371 e. The van der Waals surface area contributed by atoms with Gasteiger partial charge in [0.15, 0.2) is 0 Å². The molecule has 28 heavy (non-hydrogen) atoms. The first-order chi connectivity index (χ1) is 13.3. The lowest BCUT2D eigenvalue weighted by atomic mass is 9.41. The largest absolute Gasteiger partial charge is 0.371 e. The monoisotopic (exact) mass is 386 g/mol. The molecule has 160 valence electrons. The van der Waals surface area contributed by atoms with Gasteiger partial charge in [-0.15, -0.1) is 0 Å². The van der Waals surface area contributed by atoms with Crippen LogP contribution in [-0.2, 0) is 4.74 Å². The molecule has 1 heteroatoms. The number of hydrogen-bond acceptors (Lipinski definition) is 1. The van der Waals surface area contributed by atoms with Crippen LogP contribution in [0.2, 0.25) is 0 Å². The smallest absolute Gasteiger partial charge is 0.0767 e. The van der Waals surface area contributed by atoms with E-state index in [0.717, 1.165) is 35.5 Å². The quantitative estimate of drug-likeness (QED) is 0.472. The zero-order chi connectivity index (χ0) is 19.7. The standard InChI is InChI=1S/C27H46O/c1-18(2)7-6-8-19(3)22-9-10-23-21-12-16-27-17-20(28-27)11-15-26(27,5)24(21)13-14-25(22,23)4/h18-24H,6-17H2,1-5H3/t19-,20-,21+,22+,23-,24-,25+,26-,27-/m1/s1. The van der Waals surface area contributed by atoms with Crippen molar-refractivity contribution >= 4 is 0 Å². The lowest BCUT2D eigenvalue weighted by Crippen LogP contribution is -2.70. The Morgan fingerprint density at radius 1 is 0.857 bits per heavy atom. The highest BCUT2D eigenvalue weighted by atomic mass is 16.5. The van der Waals surface area contributed by atoms with Gasteiger partial charge in [0.2, 0.25) is 0 Å². The molecule has 4 saturated carbocycles. The number of fused-ring (bicyclic) bond motifs is 4. The average Bonchev–Trinajstić information content (AvgIpc) is 2.97. The Balaban J connectivity index is 1.31. The lowest BCUT2D eigenvalue weighted by molar-refractivity contribution is -0.336. The molecular formula is C27H46O. The summed E-state index contributed by atoms with van der Waals surface area (Å²) in [5, 5.41) is 0. The fourth-order valence-corrected chi connectivity index (χ4v) is 9.77. The molecule has 0 N–H and O–H groups in total. The summed E-state index contributed by atoms with van der Waals surface area (Å²) in [6.45, 7) is 12.8. The highest BCUT2D eigenvalue weighted by molar-refractivity contribution is 5.18. The maximum absolute atomic E-state index is 6.58. The first-order valence-corrected chi connectivity index (χ1v) is 13.0. The van der Waals surface area contributed by atoms with E-state index in [4.69, 9.17) is 4.74 Å². The lowest BCUT2D eigenvalue weighted by Gasteiger charge is -2.70. The fraction of sp³-hybridized carbons (Fsp3) is 1.00. The first kappa shape index (κ1) is 19.9. The minimum atomic E-state index is 0.299. The Bertz CT molecular complexity index is 589. The van der Waals surface area contributed by atoms with Gasteiger partial charge in [0.05, 0.1) is 11.7 Å². The molecule has 2 saturated heterocycles. The molecule has 0 aromatic rings. The summed E-state index contributed by atoms with van der Waals surface area (Å²) in [6.07, 6.45) is 18.1. The van der Waals surface area contributed by atoms with Crippen molar-refractivity contribution in [2.45, 2.75) is 123 Å². The van der Waals surface area contributed by atoms with Gasteiger partial charge >= 0.3 is 0 Å². The van der Waals surface area contributed by atoms with Gasteiger partial charge in [-0.1, -0.05) is 53.9 Å². The van der Waals surface area contributed by atoms with Crippen LogP contribution in [0.25, 0.3) is 0 Å². The first-order valence-electron chi connectivity index (χ1n) is 13.0. The molecule has 4 aliphatic carbocycles. The Labute approximate surface area is 174 Å². The summed E-state index contributed by atoms with van der Waals surface area (Å²) in [5.41, 5.74) is 1.43. The van der Waals surface area contributed by atoms with Crippen molar-refractivity contribution in [3.8, 4) is 0 Å². The van der Waals surface area contributed by atoms with Crippen molar-refractivity contribution in [3.05, 3.63) is 0 Å². The van der Waals surface area contributed by atoms with Crippen molar-refractivity contribution < 1.29 is 4.74 Å². The highest BCUT2D eigenvalue weighted by Gasteiger charge is 2.69. The van der Waals surface area contributed by atoms with Crippen molar-refractivity contribution in [2.24, 2.45) is 46.3 Å². The predicted octanol–water partition coefficient (Wildman–Crippen LogP) is 7.63. The fourth-order valence-electron chi connectivity index (χ4n) is 9.77. The second-order valence-electron chi connectivity index (χ2n) is 12.8. The molecule has 0 aromatic heterocycles. The van der Waals surface area contributed by atoms with E-state index >= 15 is 0 Å². The molecule has 1 spiro atoms. The molecule has 1 nitrogen and oxygen atoms in total. The topological polar surface area (TPSA) is 9.23 Å². The second-order valence-corrected chi connectivity index (χ2v) is 12.8. The number of ether oxygens (including phenoxy) is 1. The van der Waals surface area contributed by atoms with Crippen LogP contribution in [0, 0.1) is 46.3 Å². The molecule has 6 fully saturated rings. The molecule has 2 aliphatic heterocycles. The Kier molecular flexibility index (Phi) is 4.78. The van der Waals surface area contributed by atoms with Crippen LogP contribution in [0.1, 0.15) is 112 Å². The average molecular weight is 387 g/mol. The third-order valence-electron chi connectivity index (χ3n) is 11.3. The van der Waals surface area contributed by atoms with Crippen molar-refractivity contribution in [2.75, 3.05) is 0 Å². The van der Waals surface area contributed by atoms with Crippen LogP contribution in [0.5, 0.6) is 0 Å². The van der Waals surface area contributed by atoms with Crippen molar-refractivity contribution in [1.82, 2.24) is 0 Å². The van der Waals surface area contributed by atoms with Crippen LogP contribution in [0.15, 0.2) is 0 Å². The molecule has 0 radical (unpaired) electrons. The Morgan fingerprint density at radius 2 is 1.64 bits per heavy atom. The molecule has 2 bridgehead atoms. The maximum atomic E-state index is 6.58. The molecule has 6 rings (SSSR count). The zero-order valence-electron chi connectivity index (χ0n) is 19.4. The van der Waals surface area contributed by atoms with Crippen LogP contribution >= 0.6 is 0 Å². The Hall–Kier alpha value is -0.0400. The summed E-state index contributed by atoms with van der Waals surface area (Å²) in [5.74, 6) is 5.76. The summed E-state index contributed by atoms with van der Waals surface area (Å²) in [6, 6.07) is 0. The normalized spacial score (nSPS) is 53.1. The van der Waals surface area contributed by atoms with Crippen LogP contribution < -0.4 is 0 Å². The van der Waals surface area contributed by atoms with E-state index in [9.17, 15) is 0 Å². The van der Waals surface area contributed by atoms with Gasteiger partial charge in [-0.2, -0.15) is 0 Å². The molecule has 9 atom stereocenters. The zero-order valence-corrected chi connectivity index (χ0v) is 19.4. The van der Waals surface area contributed by atoms with E-state index in [2.05, 4.69) is 34.6 Å². The summed E-state index contributed by atoms with van der Waals surface area (Å²) in [4.78, 5) is 0. The van der Waals surface area contributed by atoms with Gasteiger partial charge in [0, 0.05) is 6.42 Å². The molecule has 6 aliphatic rings. The van der Waals surface area contributed by atoms with E-state index in [0.29, 0.717) is 22.5 Å².